The smallest absolute Gasteiger partial charge is 0.312 e. The van der Waals surface area contributed by atoms with E-state index < -0.39 is 33.5 Å². The summed E-state index contributed by atoms with van der Waals surface area (Å²) in [6.07, 6.45) is 7.53. The van der Waals surface area contributed by atoms with Crippen LogP contribution in [0.5, 0.6) is 0 Å². The maximum Gasteiger partial charge on any atom is 0.312 e. The summed E-state index contributed by atoms with van der Waals surface area (Å²) < 4.78 is 17.4. The predicted octanol–water partition coefficient (Wildman–Crippen LogP) is 1.05. The molecule has 0 radical (unpaired) electrons. The molecule has 0 bridgehead atoms. The van der Waals surface area contributed by atoms with Crippen molar-refractivity contribution in [3.05, 3.63) is 0 Å². The van der Waals surface area contributed by atoms with Crippen LogP contribution in [0.25, 0.3) is 0 Å². The van der Waals surface area contributed by atoms with E-state index in [4.69, 9.17) is 16.2 Å². The van der Waals surface area contributed by atoms with E-state index in [0.717, 1.165) is 44.9 Å². The second-order valence-electron chi connectivity index (χ2n) is 6.01. The van der Waals surface area contributed by atoms with E-state index in [2.05, 4.69) is 0 Å². The Labute approximate surface area is 134 Å². The van der Waals surface area contributed by atoms with Crippen LogP contribution in [0.3, 0.4) is 0 Å². The van der Waals surface area contributed by atoms with Crippen LogP contribution in [0.4, 0.5) is 0 Å². The fraction of sp³-hybridized carbons (Fsp3) is 0.867. The van der Waals surface area contributed by atoms with Crippen molar-refractivity contribution in [3.8, 4) is 0 Å². The van der Waals surface area contributed by atoms with E-state index in [-0.39, 0.29) is 12.5 Å². The standard InChI is InChI=1S/C15H28N2O4S/c1-3-4-10-21-13(18)12(11-8-6-5-7-9-11)15(17,14(16)19)22(2)20/h11-12H,3-10,17H2,1-2H3,(H2,16,19). The minimum atomic E-state index is -1.87. The monoisotopic (exact) mass is 332 g/mol. The molecule has 6 nitrogen and oxygen atoms in total. The Morgan fingerprint density at radius 1 is 1.32 bits per heavy atom. The Morgan fingerprint density at radius 2 is 1.91 bits per heavy atom. The topological polar surface area (TPSA) is 112 Å². The van der Waals surface area contributed by atoms with Crippen LogP contribution < -0.4 is 11.5 Å². The minimum absolute atomic E-state index is 0.107. The average Bonchev–Trinajstić information content (AvgIpc) is 2.48. The second-order valence-corrected chi connectivity index (χ2v) is 7.59. The van der Waals surface area contributed by atoms with Gasteiger partial charge in [-0.3, -0.25) is 13.8 Å². The molecule has 1 aliphatic carbocycles. The molecule has 1 amide bonds. The molecule has 0 aromatic rings. The van der Waals surface area contributed by atoms with E-state index in [1.807, 2.05) is 6.92 Å². The van der Waals surface area contributed by atoms with Crippen molar-refractivity contribution in [1.29, 1.82) is 0 Å². The largest absolute Gasteiger partial charge is 0.465 e. The number of carbonyl (C=O) groups excluding carboxylic acids is 2. The summed E-state index contributed by atoms with van der Waals surface area (Å²) in [5, 5.41) is 0. The molecule has 3 unspecified atom stereocenters. The van der Waals surface area contributed by atoms with Crippen LogP contribution in [0.15, 0.2) is 0 Å². The van der Waals surface area contributed by atoms with Crippen molar-refractivity contribution in [2.24, 2.45) is 23.3 Å². The van der Waals surface area contributed by atoms with Crippen LogP contribution in [-0.2, 0) is 25.1 Å². The lowest BCUT2D eigenvalue weighted by Gasteiger charge is -2.37. The molecule has 0 heterocycles. The average molecular weight is 332 g/mol. The third-order valence-electron chi connectivity index (χ3n) is 4.44. The van der Waals surface area contributed by atoms with Gasteiger partial charge in [-0.25, -0.2) is 0 Å². The summed E-state index contributed by atoms with van der Waals surface area (Å²) in [7, 11) is -1.76. The molecule has 1 rings (SSSR count). The first kappa shape index (κ1) is 19.1. The highest BCUT2D eigenvalue weighted by atomic mass is 32.2. The molecule has 3 atom stereocenters. The maximum absolute atomic E-state index is 12.5. The first-order chi connectivity index (χ1) is 10.4. The van der Waals surface area contributed by atoms with Crippen LogP contribution in [0.2, 0.25) is 0 Å². The number of amides is 1. The van der Waals surface area contributed by atoms with Gasteiger partial charge in [0.2, 0.25) is 0 Å². The fourth-order valence-corrected chi connectivity index (χ4v) is 4.00. The lowest BCUT2D eigenvalue weighted by atomic mass is 9.76. The molecular formula is C15H28N2O4S. The third kappa shape index (κ3) is 4.29. The van der Waals surface area contributed by atoms with E-state index in [0.29, 0.717) is 0 Å². The van der Waals surface area contributed by atoms with Gasteiger partial charge in [-0.2, -0.15) is 0 Å². The molecule has 0 aromatic carbocycles. The predicted molar refractivity (Wildman–Crippen MR) is 86.1 cm³/mol. The van der Waals surface area contributed by atoms with Gasteiger partial charge in [0, 0.05) is 17.1 Å². The number of carbonyl (C=O) groups is 2. The number of nitrogens with two attached hydrogens (primary N) is 2. The Hall–Kier alpha value is -0.950. The number of esters is 1. The van der Waals surface area contributed by atoms with Crippen molar-refractivity contribution in [2.45, 2.75) is 56.7 Å². The fourth-order valence-electron chi connectivity index (χ4n) is 3.07. The first-order valence-electron chi connectivity index (χ1n) is 7.94. The van der Waals surface area contributed by atoms with E-state index >= 15 is 0 Å². The minimum Gasteiger partial charge on any atom is -0.465 e. The van der Waals surface area contributed by atoms with Crippen molar-refractivity contribution in [2.75, 3.05) is 12.9 Å². The van der Waals surface area contributed by atoms with E-state index in [1.54, 1.807) is 0 Å². The zero-order valence-electron chi connectivity index (χ0n) is 13.5. The SMILES string of the molecule is CCCCOC(=O)C(C1CCCCC1)C(N)(C(N)=O)S(C)=O. The Kier molecular flexibility index (Phi) is 7.48. The molecule has 0 aromatic heterocycles. The highest BCUT2D eigenvalue weighted by Crippen LogP contribution is 2.37. The highest BCUT2D eigenvalue weighted by molar-refractivity contribution is 7.86. The molecular weight excluding hydrogens is 304 g/mol. The normalized spacial score (nSPS) is 21.6. The Balaban J connectivity index is 3.05. The molecule has 1 fully saturated rings. The van der Waals surface area contributed by atoms with Crippen molar-refractivity contribution in [3.63, 3.8) is 0 Å². The van der Waals surface area contributed by atoms with Crippen molar-refractivity contribution < 1.29 is 18.5 Å². The molecule has 0 aliphatic heterocycles. The first-order valence-corrected chi connectivity index (χ1v) is 9.50. The van der Waals surface area contributed by atoms with Gasteiger partial charge in [0.25, 0.3) is 5.91 Å². The highest BCUT2D eigenvalue weighted by Gasteiger charge is 2.52. The summed E-state index contributed by atoms with van der Waals surface area (Å²) in [5.41, 5.74) is 11.5. The number of hydrogen-bond acceptors (Lipinski definition) is 5. The molecule has 0 spiro atoms. The van der Waals surface area contributed by atoms with Crippen molar-refractivity contribution in [1.82, 2.24) is 0 Å². The van der Waals surface area contributed by atoms with Gasteiger partial charge >= 0.3 is 5.97 Å². The molecule has 4 N–H and O–H groups in total. The second kappa shape index (κ2) is 8.62. The van der Waals surface area contributed by atoms with Crippen molar-refractivity contribution >= 4 is 22.7 Å². The number of unbranched alkanes of at least 4 members (excludes halogenated alkanes) is 1. The summed E-state index contributed by atoms with van der Waals surface area (Å²) in [5.74, 6) is -2.49. The Morgan fingerprint density at radius 3 is 2.36 bits per heavy atom. The molecule has 1 saturated carbocycles. The number of ether oxygens (including phenoxy) is 1. The zero-order valence-corrected chi connectivity index (χ0v) is 14.3. The van der Waals surface area contributed by atoms with Crippen LogP contribution in [0, 0.1) is 11.8 Å². The molecule has 7 heteroatoms. The lowest BCUT2D eigenvalue weighted by Crippen LogP contribution is -2.64. The van der Waals surface area contributed by atoms with Gasteiger partial charge in [-0.05, 0) is 25.2 Å². The van der Waals surface area contributed by atoms with Gasteiger partial charge in [0.1, 0.15) is 0 Å². The van der Waals surface area contributed by atoms with Gasteiger partial charge in [-0.15, -0.1) is 0 Å². The van der Waals surface area contributed by atoms with Crippen LogP contribution in [-0.4, -0.2) is 33.8 Å². The van der Waals surface area contributed by atoms with Crippen LogP contribution >= 0.6 is 0 Å². The van der Waals surface area contributed by atoms with E-state index in [9.17, 15) is 13.8 Å². The van der Waals surface area contributed by atoms with E-state index in [1.165, 1.54) is 6.26 Å². The number of primary amides is 1. The molecule has 128 valence electrons. The van der Waals surface area contributed by atoms with Gasteiger partial charge < -0.3 is 16.2 Å². The summed E-state index contributed by atoms with van der Waals surface area (Å²) in [6.45, 7) is 2.27. The lowest BCUT2D eigenvalue weighted by molar-refractivity contribution is -0.154. The quantitative estimate of drug-likeness (QED) is 0.509. The number of rotatable bonds is 8. The Bertz CT molecular complexity index is 408. The summed E-state index contributed by atoms with van der Waals surface area (Å²) >= 11 is 0. The number of hydrogen-bond donors (Lipinski definition) is 2. The molecule has 1 aliphatic rings. The van der Waals surface area contributed by atoms with Crippen LogP contribution in [0.1, 0.15) is 51.9 Å². The molecule has 22 heavy (non-hydrogen) atoms. The molecule has 0 saturated heterocycles. The maximum atomic E-state index is 12.5. The van der Waals surface area contributed by atoms with Gasteiger partial charge in [0.15, 0.2) is 4.87 Å². The summed E-state index contributed by atoms with van der Waals surface area (Å²) in [6, 6.07) is 0. The zero-order chi connectivity index (χ0) is 16.8. The third-order valence-corrected chi connectivity index (χ3v) is 5.85. The van der Waals surface area contributed by atoms with Gasteiger partial charge in [0.05, 0.1) is 12.5 Å². The van der Waals surface area contributed by atoms with Gasteiger partial charge in [-0.1, -0.05) is 32.6 Å². The summed E-state index contributed by atoms with van der Waals surface area (Å²) in [4.78, 5) is 22.5.